The molecule has 128 valence electrons. The van der Waals surface area contributed by atoms with E-state index in [0.717, 1.165) is 12.8 Å². The first-order valence-corrected chi connectivity index (χ1v) is 8.10. The van der Waals surface area contributed by atoms with Crippen LogP contribution in [0.2, 0.25) is 0 Å². The summed E-state index contributed by atoms with van der Waals surface area (Å²) in [6, 6.07) is 1.94. The third-order valence-corrected chi connectivity index (χ3v) is 3.58. The predicted molar refractivity (Wildman–Crippen MR) is 86.4 cm³/mol. The predicted octanol–water partition coefficient (Wildman–Crippen LogP) is 3.11. The highest BCUT2D eigenvalue weighted by atomic mass is 16.6. The van der Waals surface area contributed by atoms with E-state index in [2.05, 4.69) is 5.32 Å². The maximum atomic E-state index is 12.2. The highest BCUT2D eigenvalue weighted by Gasteiger charge is 2.34. The Kier molecular flexibility index (Phi) is 5.34. The van der Waals surface area contributed by atoms with Gasteiger partial charge in [0, 0.05) is 19.1 Å². The van der Waals surface area contributed by atoms with E-state index in [1.807, 2.05) is 20.8 Å². The van der Waals surface area contributed by atoms with Crippen LogP contribution in [0, 0.1) is 6.92 Å². The van der Waals surface area contributed by atoms with Crippen LogP contribution in [-0.2, 0) is 4.74 Å². The van der Waals surface area contributed by atoms with Crippen LogP contribution >= 0.6 is 0 Å². The van der Waals surface area contributed by atoms with E-state index in [0.29, 0.717) is 30.8 Å². The van der Waals surface area contributed by atoms with Crippen LogP contribution in [0.4, 0.5) is 4.79 Å². The molecule has 0 aliphatic heterocycles. The van der Waals surface area contributed by atoms with Crippen molar-refractivity contribution in [2.45, 2.75) is 58.6 Å². The normalized spacial score (nSPS) is 14.4. The minimum atomic E-state index is -0.489. The van der Waals surface area contributed by atoms with Crippen LogP contribution in [0.3, 0.4) is 0 Å². The van der Waals surface area contributed by atoms with Crippen LogP contribution in [0.15, 0.2) is 16.7 Å². The van der Waals surface area contributed by atoms with Gasteiger partial charge in [-0.2, -0.15) is 0 Å². The number of nitrogens with one attached hydrogen (secondary N) is 1. The molecular weight excluding hydrogens is 296 g/mol. The molecular formula is C17H26N2O4. The van der Waals surface area contributed by atoms with Gasteiger partial charge in [0.2, 0.25) is 0 Å². The zero-order valence-corrected chi connectivity index (χ0v) is 14.3. The molecule has 1 saturated carbocycles. The number of ether oxygens (including phenoxy) is 1. The number of rotatable bonds is 6. The molecule has 1 aromatic heterocycles. The summed E-state index contributed by atoms with van der Waals surface area (Å²) < 4.78 is 10.6. The topological polar surface area (TPSA) is 71.8 Å². The molecule has 0 bridgehead atoms. The average molecular weight is 322 g/mol. The highest BCUT2D eigenvalue weighted by molar-refractivity contribution is 5.94. The molecule has 0 radical (unpaired) electrons. The van der Waals surface area contributed by atoms with Crippen molar-refractivity contribution in [1.82, 2.24) is 10.2 Å². The number of carbonyl (C=O) groups is 2. The number of amides is 2. The first-order valence-electron chi connectivity index (χ1n) is 8.10. The Balaban J connectivity index is 1.76. The molecule has 1 aromatic rings. The molecule has 1 fully saturated rings. The van der Waals surface area contributed by atoms with Gasteiger partial charge >= 0.3 is 6.09 Å². The van der Waals surface area contributed by atoms with Crippen molar-refractivity contribution in [3.05, 3.63) is 23.7 Å². The van der Waals surface area contributed by atoms with Gasteiger partial charge in [-0.05, 0) is 53.0 Å². The first kappa shape index (κ1) is 17.4. The maximum Gasteiger partial charge on any atom is 0.410 e. The molecule has 0 unspecified atom stereocenters. The average Bonchev–Trinajstić information content (AvgIpc) is 3.17. The molecule has 0 aromatic carbocycles. The minimum Gasteiger partial charge on any atom is -0.469 e. The van der Waals surface area contributed by atoms with Crippen LogP contribution in [0.1, 0.15) is 56.2 Å². The standard InChI is InChI=1S/C17H26N2O4/c1-12-14(8-11-22-12)15(20)18-9-5-10-19(13-6-7-13)16(21)23-17(2,3)4/h8,11,13H,5-7,9-10H2,1-4H3,(H,18,20). The fourth-order valence-corrected chi connectivity index (χ4v) is 2.30. The Morgan fingerprint density at radius 1 is 1.39 bits per heavy atom. The number of aryl methyl sites for hydroxylation is 1. The number of hydrogen-bond donors (Lipinski definition) is 1. The van der Waals surface area contributed by atoms with Gasteiger partial charge in [-0.3, -0.25) is 4.79 Å². The lowest BCUT2D eigenvalue weighted by molar-refractivity contribution is 0.0232. The van der Waals surface area contributed by atoms with E-state index in [1.165, 1.54) is 6.26 Å². The third-order valence-electron chi connectivity index (χ3n) is 3.58. The van der Waals surface area contributed by atoms with Crippen LogP contribution in [-0.4, -0.2) is 41.6 Å². The number of furan rings is 1. The second-order valence-corrected chi connectivity index (χ2v) is 6.90. The van der Waals surface area contributed by atoms with Crippen LogP contribution < -0.4 is 5.32 Å². The summed E-state index contributed by atoms with van der Waals surface area (Å²) in [6.45, 7) is 8.45. The molecule has 1 N–H and O–H groups in total. The number of carbonyl (C=O) groups excluding carboxylic acids is 2. The summed E-state index contributed by atoms with van der Waals surface area (Å²) in [5, 5.41) is 2.85. The summed E-state index contributed by atoms with van der Waals surface area (Å²) in [7, 11) is 0. The van der Waals surface area contributed by atoms with Crippen molar-refractivity contribution in [3.63, 3.8) is 0 Å². The van der Waals surface area contributed by atoms with Gasteiger partial charge < -0.3 is 19.4 Å². The second-order valence-electron chi connectivity index (χ2n) is 6.90. The number of nitrogens with zero attached hydrogens (tertiary/aromatic N) is 1. The van der Waals surface area contributed by atoms with E-state index in [9.17, 15) is 9.59 Å². The third kappa shape index (κ3) is 5.30. The van der Waals surface area contributed by atoms with Crippen LogP contribution in [0.5, 0.6) is 0 Å². The number of hydrogen-bond acceptors (Lipinski definition) is 4. The van der Waals surface area contributed by atoms with Gasteiger partial charge in [0.25, 0.3) is 5.91 Å². The molecule has 23 heavy (non-hydrogen) atoms. The molecule has 0 spiro atoms. The van der Waals surface area contributed by atoms with Gasteiger partial charge in [-0.25, -0.2) is 4.79 Å². The van der Waals surface area contributed by atoms with Crippen molar-refractivity contribution in [2.75, 3.05) is 13.1 Å². The molecule has 1 heterocycles. The van der Waals surface area contributed by atoms with Crippen LogP contribution in [0.25, 0.3) is 0 Å². The molecule has 1 aliphatic carbocycles. The summed E-state index contributed by atoms with van der Waals surface area (Å²) >= 11 is 0. The van der Waals surface area contributed by atoms with Crippen molar-refractivity contribution in [1.29, 1.82) is 0 Å². The highest BCUT2D eigenvalue weighted by Crippen LogP contribution is 2.28. The van der Waals surface area contributed by atoms with Gasteiger partial charge in [0.15, 0.2) is 0 Å². The van der Waals surface area contributed by atoms with Gasteiger partial charge in [0.1, 0.15) is 11.4 Å². The minimum absolute atomic E-state index is 0.147. The van der Waals surface area contributed by atoms with E-state index in [-0.39, 0.29) is 18.0 Å². The quantitative estimate of drug-likeness (QED) is 0.817. The SMILES string of the molecule is Cc1occc1C(=O)NCCCN(C(=O)OC(C)(C)C)C1CC1. The monoisotopic (exact) mass is 322 g/mol. The lowest BCUT2D eigenvalue weighted by atomic mass is 10.2. The Labute approximate surface area is 137 Å². The largest absolute Gasteiger partial charge is 0.469 e. The molecule has 2 amide bonds. The Morgan fingerprint density at radius 2 is 2.09 bits per heavy atom. The molecule has 0 atom stereocenters. The molecule has 2 rings (SSSR count). The van der Waals surface area contributed by atoms with Gasteiger partial charge in [0.05, 0.1) is 11.8 Å². The van der Waals surface area contributed by atoms with Gasteiger partial charge in [-0.15, -0.1) is 0 Å². The van der Waals surface area contributed by atoms with Crippen molar-refractivity contribution < 1.29 is 18.7 Å². The summed E-state index contributed by atoms with van der Waals surface area (Å²) in [5.74, 6) is 0.461. The Morgan fingerprint density at radius 3 is 2.61 bits per heavy atom. The zero-order chi connectivity index (χ0) is 17.0. The van der Waals surface area contributed by atoms with Gasteiger partial charge in [-0.1, -0.05) is 0 Å². The molecule has 0 saturated heterocycles. The lowest BCUT2D eigenvalue weighted by Gasteiger charge is -2.27. The zero-order valence-electron chi connectivity index (χ0n) is 14.3. The molecule has 6 nitrogen and oxygen atoms in total. The van der Waals surface area contributed by atoms with E-state index in [4.69, 9.17) is 9.15 Å². The molecule has 6 heteroatoms. The Hall–Kier alpha value is -1.98. The lowest BCUT2D eigenvalue weighted by Crippen LogP contribution is -2.39. The summed E-state index contributed by atoms with van der Waals surface area (Å²) in [6.07, 6.45) is 3.98. The van der Waals surface area contributed by atoms with Crippen molar-refractivity contribution in [3.8, 4) is 0 Å². The first-order chi connectivity index (χ1) is 10.8. The smallest absolute Gasteiger partial charge is 0.410 e. The van der Waals surface area contributed by atoms with E-state index < -0.39 is 5.60 Å². The maximum absolute atomic E-state index is 12.2. The fraction of sp³-hybridized carbons (Fsp3) is 0.647. The van der Waals surface area contributed by atoms with Crippen molar-refractivity contribution in [2.24, 2.45) is 0 Å². The van der Waals surface area contributed by atoms with Crippen molar-refractivity contribution >= 4 is 12.0 Å². The van der Waals surface area contributed by atoms with E-state index >= 15 is 0 Å². The fourth-order valence-electron chi connectivity index (χ4n) is 2.30. The Bertz CT molecular complexity index is 555. The second kappa shape index (κ2) is 7.06. The summed E-state index contributed by atoms with van der Waals surface area (Å²) in [5.41, 5.74) is 0.0632. The molecule has 1 aliphatic rings. The van der Waals surface area contributed by atoms with E-state index in [1.54, 1.807) is 17.9 Å². The summed E-state index contributed by atoms with van der Waals surface area (Å²) in [4.78, 5) is 25.9.